The third kappa shape index (κ3) is 5.48. The Hall–Kier alpha value is -3.44. The molecule has 0 fully saturated rings. The van der Waals surface area contributed by atoms with Gasteiger partial charge in [-0.25, -0.2) is 0 Å². The Bertz CT molecular complexity index is 2490. The van der Waals surface area contributed by atoms with E-state index in [9.17, 15) is 0 Å². The summed E-state index contributed by atoms with van der Waals surface area (Å²) in [5.41, 5.74) is 7.64. The summed E-state index contributed by atoms with van der Waals surface area (Å²) in [6, 6.07) is 48.4. The molecule has 0 N–H and O–H groups in total. The Morgan fingerprint density at radius 2 is 0.759 bits per heavy atom. The van der Waals surface area contributed by atoms with Crippen molar-refractivity contribution in [2.45, 2.75) is 54.2 Å². The molecular formula is C46H32O2S6. The molecule has 4 heterocycles. The van der Waals surface area contributed by atoms with Gasteiger partial charge in [-0.1, -0.05) is 144 Å². The fourth-order valence-corrected chi connectivity index (χ4v) is 18.6. The second kappa shape index (κ2) is 13.6. The van der Waals surface area contributed by atoms with E-state index in [2.05, 4.69) is 191 Å². The van der Waals surface area contributed by atoms with E-state index in [1.54, 1.807) is 0 Å². The minimum Gasteiger partial charge on any atom is -0.372 e. The number of benzene rings is 6. The van der Waals surface area contributed by atoms with Crippen LogP contribution in [0.5, 0.6) is 0 Å². The zero-order chi connectivity index (χ0) is 35.7. The van der Waals surface area contributed by atoms with Gasteiger partial charge in [-0.2, -0.15) is 0 Å². The standard InChI is InChI=1S/C46H32O2S6/c1-3-11-33-21-29(17-19-31(33)9-1)23-47-25-35-27-49-43-41(35)42-36(26-48-24-30-18-20-32-10-2-4-12-34(32)22-30)28-50-44(42)46(53-39-15-7-8-16-40(39)54-46)45(43)51-37-13-5-6-14-38(37)52-45/h1-22,27-28H,23-26H2. The lowest BCUT2D eigenvalue weighted by atomic mass is 9.90. The van der Waals surface area contributed by atoms with Gasteiger partial charge in [-0.3, -0.25) is 0 Å². The van der Waals surface area contributed by atoms with Gasteiger partial charge in [0.1, 0.15) is 8.16 Å². The van der Waals surface area contributed by atoms with Gasteiger partial charge in [0.25, 0.3) is 0 Å². The molecule has 2 aromatic heterocycles. The van der Waals surface area contributed by atoms with Crippen molar-refractivity contribution in [3.05, 3.63) is 176 Å². The average Bonchev–Trinajstić information content (AvgIpc) is 4.01. The van der Waals surface area contributed by atoms with Gasteiger partial charge >= 0.3 is 0 Å². The van der Waals surface area contributed by atoms with E-state index in [1.165, 1.54) is 84.3 Å². The molecule has 264 valence electrons. The van der Waals surface area contributed by atoms with E-state index in [4.69, 9.17) is 9.47 Å². The quantitative estimate of drug-likeness (QED) is 0.151. The van der Waals surface area contributed by atoms with Crippen LogP contribution in [0.3, 0.4) is 0 Å². The van der Waals surface area contributed by atoms with Crippen molar-refractivity contribution in [3.63, 3.8) is 0 Å². The van der Waals surface area contributed by atoms with Gasteiger partial charge in [-0.05, 0) is 91.0 Å². The maximum Gasteiger partial charge on any atom is 0.134 e. The molecule has 1 aliphatic carbocycles. The molecule has 0 unspecified atom stereocenters. The van der Waals surface area contributed by atoms with Crippen LogP contribution in [0.25, 0.3) is 32.7 Å². The molecule has 8 heteroatoms. The van der Waals surface area contributed by atoms with Gasteiger partial charge in [0.05, 0.1) is 26.4 Å². The SMILES string of the molecule is c1ccc2c(c1)SC1(S2)c2scc(COCc3ccc4ccccc4c3)c2-c2c(COCc3ccc4ccccc4c3)csc2C12Sc1ccccc1S2. The minimum absolute atomic E-state index is 0.261. The van der Waals surface area contributed by atoms with E-state index in [1.807, 2.05) is 22.7 Å². The molecule has 0 amide bonds. The molecule has 3 aliphatic rings. The number of thioether (sulfide) groups is 4. The molecule has 2 nitrogen and oxygen atoms in total. The molecule has 2 spiro atoms. The summed E-state index contributed by atoms with van der Waals surface area (Å²) >= 11 is 12.1. The van der Waals surface area contributed by atoms with E-state index in [0.29, 0.717) is 26.4 Å². The Labute approximate surface area is 339 Å². The molecule has 0 saturated heterocycles. The van der Waals surface area contributed by atoms with Gasteiger partial charge < -0.3 is 9.47 Å². The summed E-state index contributed by atoms with van der Waals surface area (Å²) in [4.78, 5) is 8.34. The highest BCUT2D eigenvalue weighted by Gasteiger charge is 2.67. The topological polar surface area (TPSA) is 18.5 Å². The monoisotopic (exact) mass is 808 g/mol. The zero-order valence-corrected chi connectivity index (χ0v) is 33.8. The lowest BCUT2D eigenvalue weighted by molar-refractivity contribution is 0.106. The molecule has 8 aromatic rings. The fourth-order valence-electron chi connectivity index (χ4n) is 7.90. The number of thiophene rings is 2. The number of rotatable bonds is 8. The van der Waals surface area contributed by atoms with Gasteiger partial charge in [0.2, 0.25) is 0 Å². The molecule has 6 aromatic carbocycles. The highest BCUT2D eigenvalue weighted by Crippen LogP contribution is 2.83. The maximum absolute atomic E-state index is 6.62. The predicted molar refractivity (Wildman–Crippen MR) is 232 cm³/mol. The van der Waals surface area contributed by atoms with Crippen LogP contribution in [0.2, 0.25) is 0 Å². The molecule has 0 saturated carbocycles. The van der Waals surface area contributed by atoms with Crippen LogP contribution in [0, 0.1) is 0 Å². The first kappa shape index (κ1) is 33.9. The van der Waals surface area contributed by atoms with Crippen molar-refractivity contribution in [3.8, 4) is 11.1 Å². The molecule has 0 bridgehead atoms. The largest absolute Gasteiger partial charge is 0.372 e. The molecule has 54 heavy (non-hydrogen) atoms. The van der Waals surface area contributed by atoms with Gasteiger partial charge in [0.15, 0.2) is 0 Å². The van der Waals surface area contributed by atoms with Crippen molar-refractivity contribution in [2.24, 2.45) is 0 Å². The van der Waals surface area contributed by atoms with Crippen molar-refractivity contribution < 1.29 is 9.47 Å². The Balaban J connectivity index is 0.991. The van der Waals surface area contributed by atoms with Gasteiger partial charge in [0, 0.05) is 40.5 Å². The van der Waals surface area contributed by atoms with Crippen LogP contribution in [0.4, 0.5) is 0 Å². The molecular weight excluding hydrogens is 777 g/mol. The van der Waals surface area contributed by atoms with E-state index in [0.717, 1.165) is 0 Å². The van der Waals surface area contributed by atoms with E-state index >= 15 is 0 Å². The fraction of sp³-hybridized carbons (Fsp3) is 0.130. The Kier molecular flexibility index (Phi) is 8.55. The predicted octanol–water partition coefficient (Wildman–Crippen LogP) is 14.3. The second-order valence-electron chi connectivity index (χ2n) is 13.8. The first-order chi connectivity index (χ1) is 26.7. The molecule has 0 atom stereocenters. The third-order valence-corrected chi connectivity index (χ3v) is 20.5. The lowest BCUT2D eigenvalue weighted by Gasteiger charge is -2.46. The third-order valence-electron chi connectivity index (χ3n) is 10.4. The van der Waals surface area contributed by atoms with Crippen molar-refractivity contribution in [2.75, 3.05) is 0 Å². The van der Waals surface area contributed by atoms with Gasteiger partial charge in [-0.15, -0.1) is 22.7 Å². The normalized spacial score (nSPS) is 15.9. The summed E-state index contributed by atoms with van der Waals surface area (Å²) in [5.74, 6) is 0. The van der Waals surface area contributed by atoms with Crippen molar-refractivity contribution >= 4 is 91.3 Å². The zero-order valence-electron chi connectivity index (χ0n) is 29.0. The van der Waals surface area contributed by atoms with Crippen molar-refractivity contribution in [1.29, 1.82) is 0 Å². The first-order valence-electron chi connectivity index (χ1n) is 17.9. The highest BCUT2D eigenvalue weighted by molar-refractivity contribution is 8.26. The Morgan fingerprint density at radius 3 is 1.17 bits per heavy atom. The second-order valence-corrected chi connectivity index (χ2v) is 21.1. The van der Waals surface area contributed by atoms with Crippen LogP contribution >= 0.6 is 69.7 Å². The van der Waals surface area contributed by atoms with Crippen LogP contribution in [0.1, 0.15) is 32.0 Å². The summed E-state index contributed by atoms with van der Waals surface area (Å²) in [7, 11) is 0. The molecule has 11 rings (SSSR count). The summed E-state index contributed by atoms with van der Waals surface area (Å²) in [5, 5.41) is 9.77. The average molecular weight is 809 g/mol. The van der Waals surface area contributed by atoms with Crippen LogP contribution < -0.4 is 0 Å². The van der Waals surface area contributed by atoms with E-state index in [-0.39, 0.29) is 8.16 Å². The number of hydrogen-bond donors (Lipinski definition) is 0. The maximum atomic E-state index is 6.62. The molecule has 2 aliphatic heterocycles. The summed E-state index contributed by atoms with van der Waals surface area (Å²) < 4.78 is 12.7. The van der Waals surface area contributed by atoms with E-state index < -0.39 is 0 Å². The van der Waals surface area contributed by atoms with Crippen LogP contribution in [0.15, 0.2) is 164 Å². The summed E-state index contributed by atoms with van der Waals surface area (Å²) in [6.45, 7) is 2.24. The number of fused-ring (bicyclic) bond motifs is 10. The van der Waals surface area contributed by atoms with Crippen LogP contribution in [-0.2, 0) is 44.1 Å². The van der Waals surface area contributed by atoms with Crippen LogP contribution in [-0.4, -0.2) is 0 Å². The molecule has 0 radical (unpaired) electrons. The smallest absolute Gasteiger partial charge is 0.134 e. The van der Waals surface area contributed by atoms with Crippen molar-refractivity contribution in [1.82, 2.24) is 0 Å². The number of hydrogen-bond acceptors (Lipinski definition) is 8. The minimum atomic E-state index is -0.261. The highest BCUT2D eigenvalue weighted by atomic mass is 32.2. The first-order valence-corrected chi connectivity index (χ1v) is 23.0. The lowest BCUT2D eigenvalue weighted by Crippen LogP contribution is -2.39. The number of ether oxygens (including phenoxy) is 2. The summed E-state index contributed by atoms with van der Waals surface area (Å²) in [6.07, 6.45) is 0. The Morgan fingerprint density at radius 1 is 0.389 bits per heavy atom.